The van der Waals surface area contributed by atoms with E-state index in [0.717, 1.165) is 0 Å². The lowest BCUT2D eigenvalue weighted by atomic mass is 9.91. The Kier molecular flexibility index (Phi) is 2.15. The van der Waals surface area contributed by atoms with Crippen molar-refractivity contribution in [2.45, 2.75) is 13.3 Å². The van der Waals surface area contributed by atoms with Crippen LogP contribution < -0.4 is 0 Å². The van der Waals surface area contributed by atoms with E-state index in [0.29, 0.717) is 12.0 Å². The normalized spacial score (nSPS) is 14.2. The third-order valence-electron chi connectivity index (χ3n) is 2.54. The zero-order valence-corrected chi connectivity index (χ0v) is 8.28. The monoisotopic (exact) mass is 202 g/mol. The molecule has 0 unspecified atom stereocenters. The molecule has 0 aliphatic heterocycles. The van der Waals surface area contributed by atoms with E-state index < -0.39 is 0 Å². The summed E-state index contributed by atoms with van der Waals surface area (Å²) in [5.41, 5.74) is 1.12. The predicted molar refractivity (Wildman–Crippen MR) is 55.3 cm³/mol. The molecule has 0 saturated carbocycles. The SMILES string of the molecule is CCc1ccc2c(c1O)C(=O)C=CC2=O. The molecule has 76 valence electrons. The van der Waals surface area contributed by atoms with Crippen molar-refractivity contribution in [3.05, 3.63) is 41.0 Å². The number of aryl methyl sites for hydroxylation is 1. The molecule has 0 heterocycles. The highest BCUT2D eigenvalue weighted by Crippen LogP contribution is 2.29. The maximum Gasteiger partial charge on any atom is 0.190 e. The highest BCUT2D eigenvalue weighted by molar-refractivity contribution is 6.23. The minimum Gasteiger partial charge on any atom is -0.507 e. The molecule has 0 bridgehead atoms. The summed E-state index contributed by atoms with van der Waals surface area (Å²) in [5, 5.41) is 9.82. The molecule has 0 atom stereocenters. The second kappa shape index (κ2) is 3.35. The van der Waals surface area contributed by atoms with Crippen LogP contribution in [0.2, 0.25) is 0 Å². The summed E-state index contributed by atoms with van der Waals surface area (Å²) < 4.78 is 0. The van der Waals surface area contributed by atoms with E-state index in [1.54, 1.807) is 12.1 Å². The molecule has 15 heavy (non-hydrogen) atoms. The Hall–Kier alpha value is -1.90. The van der Waals surface area contributed by atoms with Gasteiger partial charge < -0.3 is 5.11 Å². The van der Waals surface area contributed by atoms with Crippen molar-refractivity contribution in [3.8, 4) is 5.75 Å². The van der Waals surface area contributed by atoms with Crippen molar-refractivity contribution >= 4 is 11.6 Å². The van der Waals surface area contributed by atoms with E-state index in [2.05, 4.69) is 0 Å². The van der Waals surface area contributed by atoms with Crippen molar-refractivity contribution in [1.82, 2.24) is 0 Å². The summed E-state index contributed by atoms with van der Waals surface area (Å²) in [6.07, 6.45) is 3.06. The van der Waals surface area contributed by atoms with Gasteiger partial charge in [-0.2, -0.15) is 0 Å². The summed E-state index contributed by atoms with van der Waals surface area (Å²) in [4.78, 5) is 23.0. The molecule has 1 aliphatic carbocycles. The van der Waals surface area contributed by atoms with E-state index in [-0.39, 0.29) is 28.4 Å². The Labute approximate surface area is 87.0 Å². The number of rotatable bonds is 1. The largest absolute Gasteiger partial charge is 0.507 e. The number of hydrogen-bond acceptors (Lipinski definition) is 3. The molecule has 1 N–H and O–H groups in total. The van der Waals surface area contributed by atoms with E-state index >= 15 is 0 Å². The lowest BCUT2D eigenvalue weighted by Gasteiger charge is -2.12. The molecule has 3 heteroatoms. The van der Waals surface area contributed by atoms with Gasteiger partial charge in [0, 0.05) is 5.56 Å². The Morgan fingerprint density at radius 3 is 2.47 bits per heavy atom. The number of aromatic hydroxyl groups is 1. The number of phenolic OH excluding ortho intramolecular Hbond substituents is 1. The number of phenols is 1. The van der Waals surface area contributed by atoms with E-state index in [4.69, 9.17) is 0 Å². The molecular formula is C12H10O3. The minimum atomic E-state index is -0.308. The third-order valence-corrected chi connectivity index (χ3v) is 2.54. The van der Waals surface area contributed by atoms with Gasteiger partial charge in [-0.15, -0.1) is 0 Å². The van der Waals surface area contributed by atoms with Gasteiger partial charge in [-0.3, -0.25) is 9.59 Å². The van der Waals surface area contributed by atoms with Crippen LogP contribution in [0.3, 0.4) is 0 Å². The number of fused-ring (bicyclic) bond motifs is 1. The highest BCUT2D eigenvalue weighted by Gasteiger charge is 2.23. The maximum atomic E-state index is 11.5. The lowest BCUT2D eigenvalue weighted by Crippen LogP contribution is -2.12. The molecule has 0 saturated heterocycles. The molecule has 1 aromatic rings. The second-order valence-electron chi connectivity index (χ2n) is 3.41. The first-order valence-electron chi connectivity index (χ1n) is 4.76. The van der Waals surface area contributed by atoms with Crippen molar-refractivity contribution in [3.63, 3.8) is 0 Å². The second-order valence-corrected chi connectivity index (χ2v) is 3.41. The highest BCUT2D eigenvalue weighted by atomic mass is 16.3. The summed E-state index contributed by atoms with van der Waals surface area (Å²) in [6.45, 7) is 1.88. The minimum absolute atomic E-state index is 0.0577. The van der Waals surface area contributed by atoms with Gasteiger partial charge >= 0.3 is 0 Å². The number of carbonyl (C=O) groups is 2. The first-order chi connectivity index (χ1) is 7.15. The van der Waals surface area contributed by atoms with Gasteiger partial charge in [0.05, 0.1) is 5.56 Å². The average Bonchev–Trinajstić information content (AvgIpc) is 2.23. The Morgan fingerprint density at radius 2 is 1.80 bits per heavy atom. The van der Waals surface area contributed by atoms with Crippen molar-refractivity contribution in [2.75, 3.05) is 0 Å². The fourth-order valence-corrected chi connectivity index (χ4v) is 1.70. The molecule has 0 spiro atoms. The lowest BCUT2D eigenvalue weighted by molar-refractivity contribution is 0.0991. The van der Waals surface area contributed by atoms with Crippen LogP contribution >= 0.6 is 0 Å². The number of ketones is 2. The van der Waals surface area contributed by atoms with Crippen LogP contribution in [0.4, 0.5) is 0 Å². The fourth-order valence-electron chi connectivity index (χ4n) is 1.70. The van der Waals surface area contributed by atoms with Crippen LogP contribution in [0.25, 0.3) is 0 Å². The molecular weight excluding hydrogens is 192 g/mol. The Balaban J connectivity index is 2.72. The number of carbonyl (C=O) groups excluding carboxylic acids is 2. The van der Waals surface area contributed by atoms with Gasteiger partial charge in [-0.05, 0) is 30.2 Å². The van der Waals surface area contributed by atoms with Gasteiger partial charge in [0.2, 0.25) is 0 Å². The molecule has 0 amide bonds. The Bertz CT molecular complexity index is 484. The van der Waals surface area contributed by atoms with E-state index in [1.807, 2.05) is 6.92 Å². The molecule has 0 fully saturated rings. The van der Waals surface area contributed by atoms with Crippen LogP contribution in [0.1, 0.15) is 33.2 Å². The van der Waals surface area contributed by atoms with Crippen molar-refractivity contribution in [1.29, 1.82) is 0 Å². The summed E-state index contributed by atoms with van der Waals surface area (Å²) in [6, 6.07) is 3.27. The average molecular weight is 202 g/mol. The molecule has 2 rings (SSSR count). The van der Waals surface area contributed by atoms with Crippen LogP contribution in [0.5, 0.6) is 5.75 Å². The van der Waals surface area contributed by atoms with E-state index in [9.17, 15) is 14.7 Å². The molecule has 1 aliphatic rings. The molecule has 0 radical (unpaired) electrons. The van der Waals surface area contributed by atoms with Crippen molar-refractivity contribution < 1.29 is 14.7 Å². The van der Waals surface area contributed by atoms with Gasteiger partial charge in [0.15, 0.2) is 11.6 Å². The summed E-state index contributed by atoms with van der Waals surface area (Å²) in [7, 11) is 0. The van der Waals surface area contributed by atoms with Crippen molar-refractivity contribution in [2.24, 2.45) is 0 Å². The first kappa shape index (κ1) is 9.65. The third kappa shape index (κ3) is 1.36. The standard InChI is InChI=1S/C12H10O3/c1-2-7-3-4-8-9(13)5-6-10(14)11(8)12(7)15/h3-6,15H,2H2,1H3. The van der Waals surface area contributed by atoms with Crippen LogP contribution in [-0.4, -0.2) is 16.7 Å². The zero-order valence-electron chi connectivity index (χ0n) is 8.28. The quantitative estimate of drug-likeness (QED) is 0.756. The summed E-state index contributed by atoms with van der Waals surface area (Å²) >= 11 is 0. The van der Waals surface area contributed by atoms with Crippen LogP contribution in [-0.2, 0) is 6.42 Å². The van der Waals surface area contributed by atoms with Crippen LogP contribution in [0, 0.1) is 0 Å². The Morgan fingerprint density at radius 1 is 1.13 bits per heavy atom. The number of hydrogen-bond donors (Lipinski definition) is 1. The maximum absolute atomic E-state index is 11.5. The first-order valence-corrected chi connectivity index (χ1v) is 4.76. The molecule has 3 nitrogen and oxygen atoms in total. The van der Waals surface area contributed by atoms with Gasteiger partial charge in [-0.1, -0.05) is 13.0 Å². The molecule has 0 aromatic heterocycles. The summed E-state index contributed by atoms with van der Waals surface area (Å²) in [5.74, 6) is -0.599. The fraction of sp³-hybridized carbons (Fsp3) is 0.167. The predicted octanol–water partition coefficient (Wildman–Crippen LogP) is 1.89. The smallest absolute Gasteiger partial charge is 0.190 e. The van der Waals surface area contributed by atoms with Gasteiger partial charge in [-0.25, -0.2) is 0 Å². The van der Waals surface area contributed by atoms with Crippen LogP contribution in [0.15, 0.2) is 24.3 Å². The number of allylic oxidation sites excluding steroid dienone is 2. The molecule has 1 aromatic carbocycles. The van der Waals surface area contributed by atoms with Gasteiger partial charge in [0.25, 0.3) is 0 Å². The topological polar surface area (TPSA) is 54.4 Å². The number of benzene rings is 1. The van der Waals surface area contributed by atoms with E-state index in [1.165, 1.54) is 12.2 Å². The zero-order chi connectivity index (χ0) is 11.0. The van der Waals surface area contributed by atoms with Gasteiger partial charge in [0.1, 0.15) is 5.75 Å².